The predicted molar refractivity (Wildman–Crippen MR) is 53.4 cm³/mol. The quantitative estimate of drug-likeness (QED) is 0.335. The lowest BCUT2D eigenvalue weighted by molar-refractivity contribution is -0.605. The molecule has 0 aromatic carbocycles. The minimum atomic E-state index is -1.30. The minimum absolute atomic E-state index is 0.334. The summed E-state index contributed by atoms with van der Waals surface area (Å²) in [5.74, 6) is -0.455. The fourth-order valence-electron chi connectivity index (χ4n) is 1.47. The van der Waals surface area contributed by atoms with E-state index in [9.17, 15) is 10.0 Å². The van der Waals surface area contributed by atoms with E-state index >= 15 is 0 Å². The third kappa shape index (κ3) is 1.42. The largest absolute Gasteiger partial charge is 0.619 e. The van der Waals surface area contributed by atoms with Gasteiger partial charge in [-0.2, -0.15) is 15.3 Å². The number of hydroxylamine groups is 1. The molecule has 2 rings (SSSR count). The Labute approximate surface area is 90.9 Å². The summed E-state index contributed by atoms with van der Waals surface area (Å²) < 4.78 is 0.623. The number of nitrogens with one attached hydrogen (secondary N) is 2. The maximum atomic E-state index is 11.5. The van der Waals surface area contributed by atoms with Gasteiger partial charge in [-0.3, -0.25) is 4.79 Å². The Balaban J connectivity index is 2.42. The predicted octanol–water partition coefficient (Wildman–Crippen LogP) is -1.11. The molecule has 1 aromatic heterocycles. The smallest absolute Gasteiger partial charge is 0.268 e. The lowest BCUT2D eigenvalue weighted by atomic mass is 9.92. The molecule has 1 aromatic rings. The van der Waals surface area contributed by atoms with E-state index < -0.39 is 11.4 Å². The summed E-state index contributed by atoms with van der Waals surface area (Å²) >= 11 is 0. The molecule has 0 fully saturated rings. The SMILES string of the molecule is CC1(NO)C(=O)NN=C1c1cc[n+]([O-])cc1. The molecule has 16 heavy (non-hydrogen) atoms. The zero-order valence-electron chi connectivity index (χ0n) is 8.47. The summed E-state index contributed by atoms with van der Waals surface area (Å²) in [6.07, 6.45) is 2.58. The lowest BCUT2D eigenvalue weighted by Crippen LogP contribution is -2.53. The highest BCUT2D eigenvalue weighted by Gasteiger charge is 2.43. The van der Waals surface area contributed by atoms with Crippen LogP contribution in [0.15, 0.2) is 29.6 Å². The molecule has 0 spiro atoms. The van der Waals surface area contributed by atoms with Crippen molar-refractivity contribution in [1.29, 1.82) is 0 Å². The van der Waals surface area contributed by atoms with Crippen molar-refractivity contribution in [2.45, 2.75) is 12.5 Å². The van der Waals surface area contributed by atoms with Gasteiger partial charge in [-0.05, 0) is 6.92 Å². The molecule has 7 heteroatoms. The van der Waals surface area contributed by atoms with E-state index in [1.54, 1.807) is 0 Å². The Morgan fingerprint density at radius 1 is 1.56 bits per heavy atom. The molecule has 0 bridgehead atoms. The second-order valence-electron chi connectivity index (χ2n) is 3.58. The molecule has 7 nitrogen and oxygen atoms in total. The Hall–Kier alpha value is -1.99. The van der Waals surface area contributed by atoms with Crippen LogP contribution >= 0.6 is 0 Å². The van der Waals surface area contributed by atoms with Crippen LogP contribution in [0.3, 0.4) is 0 Å². The van der Waals surface area contributed by atoms with Crippen molar-refractivity contribution >= 4 is 11.6 Å². The van der Waals surface area contributed by atoms with Gasteiger partial charge in [0.1, 0.15) is 5.71 Å². The number of carbonyl (C=O) groups excluding carboxylic acids is 1. The molecule has 2 heterocycles. The highest BCUT2D eigenvalue weighted by Crippen LogP contribution is 2.17. The molecule has 1 aliphatic rings. The first-order valence-corrected chi connectivity index (χ1v) is 4.57. The molecule has 3 N–H and O–H groups in total. The van der Waals surface area contributed by atoms with Crippen molar-refractivity contribution in [2.24, 2.45) is 5.10 Å². The standard InChI is InChI=1S/C9H10N4O3/c1-9(12-15)7(10-11-8(9)14)6-2-4-13(16)5-3-6/h2-5,12,15H,1H3,(H,11,14). The summed E-state index contributed by atoms with van der Waals surface area (Å²) in [5.41, 5.74) is 3.81. The Bertz CT molecular complexity index is 456. The Morgan fingerprint density at radius 2 is 2.19 bits per heavy atom. The van der Waals surface area contributed by atoms with E-state index in [4.69, 9.17) is 5.21 Å². The molecule has 0 aliphatic carbocycles. The van der Waals surface area contributed by atoms with Gasteiger partial charge >= 0.3 is 0 Å². The molecular formula is C9H10N4O3. The molecule has 1 aliphatic heterocycles. The van der Waals surface area contributed by atoms with Crippen molar-refractivity contribution in [3.05, 3.63) is 35.3 Å². The van der Waals surface area contributed by atoms with Gasteiger partial charge in [0.25, 0.3) is 5.91 Å². The van der Waals surface area contributed by atoms with Crippen molar-refractivity contribution < 1.29 is 14.7 Å². The van der Waals surface area contributed by atoms with Crippen molar-refractivity contribution in [3.63, 3.8) is 0 Å². The second-order valence-corrected chi connectivity index (χ2v) is 3.58. The molecule has 0 saturated heterocycles. The second kappa shape index (κ2) is 3.54. The van der Waals surface area contributed by atoms with Crippen LogP contribution < -0.4 is 15.6 Å². The van der Waals surface area contributed by atoms with E-state index in [-0.39, 0.29) is 0 Å². The number of rotatable bonds is 2. The topological polar surface area (TPSA) is 101 Å². The first-order chi connectivity index (χ1) is 7.58. The van der Waals surface area contributed by atoms with E-state index in [2.05, 4.69) is 10.5 Å². The van der Waals surface area contributed by atoms with Crippen LogP contribution in [0.25, 0.3) is 0 Å². The molecule has 0 saturated carbocycles. The van der Waals surface area contributed by atoms with Crippen molar-refractivity contribution in [1.82, 2.24) is 10.9 Å². The van der Waals surface area contributed by atoms with Crippen LogP contribution in [-0.4, -0.2) is 22.4 Å². The van der Waals surface area contributed by atoms with E-state index in [1.807, 2.05) is 5.48 Å². The van der Waals surface area contributed by atoms with E-state index in [0.717, 1.165) is 0 Å². The maximum Gasteiger partial charge on any atom is 0.268 e. The van der Waals surface area contributed by atoms with Crippen LogP contribution in [0.1, 0.15) is 12.5 Å². The first-order valence-electron chi connectivity index (χ1n) is 4.57. The van der Waals surface area contributed by atoms with Crippen LogP contribution in [0.4, 0.5) is 0 Å². The van der Waals surface area contributed by atoms with Crippen LogP contribution in [0, 0.1) is 5.21 Å². The van der Waals surface area contributed by atoms with E-state index in [1.165, 1.54) is 31.5 Å². The number of aromatic nitrogens is 1. The number of nitrogens with zero attached hydrogens (tertiary/aromatic N) is 2. The third-order valence-electron chi connectivity index (χ3n) is 2.50. The molecule has 1 amide bonds. The fourth-order valence-corrected chi connectivity index (χ4v) is 1.47. The first kappa shape index (κ1) is 10.5. The van der Waals surface area contributed by atoms with Crippen LogP contribution in [0.5, 0.6) is 0 Å². The summed E-state index contributed by atoms with van der Waals surface area (Å²) in [6, 6.07) is 3.03. The van der Waals surface area contributed by atoms with Gasteiger partial charge in [-0.15, -0.1) is 0 Å². The summed E-state index contributed by atoms with van der Waals surface area (Å²) in [7, 11) is 0. The molecule has 1 atom stereocenters. The van der Waals surface area contributed by atoms with Gasteiger partial charge in [0, 0.05) is 17.7 Å². The van der Waals surface area contributed by atoms with Gasteiger partial charge in [-0.1, -0.05) is 0 Å². The number of hydrazone groups is 1. The molecule has 1 unspecified atom stereocenters. The maximum absolute atomic E-state index is 11.5. The third-order valence-corrected chi connectivity index (χ3v) is 2.50. The Morgan fingerprint density at radius 3 is 2.75 bits per heavy atom. The van der Waals surface area contributed by atoms with Gasteiger partial charge in [0.05, 0.1) is 0 Å². The average molecular weight is 222 g/mol. The van der Waals surface area contributed by atoms with Gasteiger partial charge < -0.3 is 10.4 Å². The van der Waals surface area contributed by atoms with Crippen molar-refractivity contribution in [3.8, 4) is 0 Å². The monoisotopic (exact) mass is 222 g/mol. The molecular weight excluding hydrogens is 212 g/mol. The van der Waals surface area contributed by atoms with Crippen LogP contribution in [-0.2, 0) is 4.79 Å². The number of carbonyl (C=O) groups is 1. The highest BCUT2D eigenvalue weighted by atomic mass is 16.5. The average Bonchev–Trinajstić information content (AvgIpc) is 2.58. The molecule has 84 valence electrons. The summed E-state index contributed by atoms with van der Waals surface area (Å²) in [6.45, 7) is 1.49. The molecule has 0 radical (unpaired) electrons. The zero-order chi connectivity index (χ0) is 11.8. The lowest BCUT2D eigenvalue weighted by Gasteiger charge is -2.20. The van der Waals surface area contributed by atoms with Gasteiger partial charge in [0.2, 0.25) is 0 Å². The minimum Gasteiger partial charge on any atom is -0.619 e. The summed E-state index contributed by atoms with van der Waals surface area (Å²) in [5, 5.41) is 23.7. The number of hydrogen-bond acceptors (Lipinski definition) is 5. The highest BCUT2D eigenvalue weighted by molar-refractivity contribution is 6.23. The Kier molecular flexibility index (Phi) is 2.33. The van der Waals surface area contributed by atoms with Crippen molar-refractivity contribution in [2.75, 3.05) is 0 Å². The number of hydrogen-bond donors (Lipinski definition) is 3. The summed E-state index contributed by atoms with van der Waals surface area (Å²) in [4.78, 5) is 11.5. The van der Waals surface area contributed by atoms with Gasteiger partial charge in [0.15, 0.2) is 17.9 Å². The van der Waals surface area contributed by atoms with E-state index in [0.29, 0.717) is 16.0 Å². The zero-order valence-corrected chi connectivity index (χ0v) is 8.47. The van der Waals surface area contributed by atoms with Crippen LogP contribution in [0.2, 0.25) is 0 Å². The van der Waals surface area contributed by atoms with Gasteiger partial charge in [-0.25, -0.2) is 5.43 Å². The normalized spacial score (nSPS) is 24.1. The fraction of sp³-hybridized carbons (Fsp3) is 0.222. The number of pyridine rings is 1. The number of amides is 1.